The molecular weight excluding hydrogens is 226 g/mol. The van der Waals surface area contributed by atoms with Crippen molar-refractivity contribution in [3.63, 3.8) is 0 Å². The van der Waals surface area contributed by atoms with Crippen LogP contribution in [-0.2, 0) is 6.54 Å². The number of nitrogens with zero attached hydrogens (tertiary/aromatic N) is 3. The molecule has 1 aromatic rings. The molecule has 1 heterocycles. The summed E-state index contributed by atoms with van der Waals surface area (Å²) in [7, 11) is 1.83. The molecule has 16 heavy (non-hydrogen) atoms. The third kappa shape index (κ3) is 3.23. The average Bonchev–Trinajstić information content (AvgIpc) is 2.21. The van der Waals surface area contributed by atoms with Crippen molar-refractivity contribution in [2.24, 2.45) is 5.92 Å². The van der Waals surface area contributed by atoms with E-state index in [2.05, 4.69) is 18.8 Å². The average molecular weight is 244 g/mol. The molecule has 0 aliphatic rings. The van der Waals surface area contributed by atoms with Crippen molar-refractivity contribution < 1.29 is 0 Å². The summed E-state index contributed by atoms with van der Waals surface area (Å²) in [5.41, 5.74) is -0.0520. The first-order valence-electron chi connectivity index (χ1n) is 5.38. The summed E-state index contributed by atoms with van der Waals surface area (Å²) in [6, 6.07) is 0. The Morgan fingerprint density at radius 3 is 2.81 bits per heavy atom. The van der Waals surface area contributed by atoms with Gasteiger partial charge in [-0.25, -0.2) is 4.98 Å². The molecule has 0 saturated heterocycles. The standard InChI is InChI=1S/C11H18ClN3O/c1-9(2)8-15-7-5-13-10(11(15)16)14(3)6-4-12/h5,7,9H,4,6,8H2,1-3H3. The van der Waals surface area contributed by atoms with Gasteiger partial charge in [-0.3, -0.25) is 4.79 Å². The minimum Gasteiger partial charge on any atom is -0.354 e. The molecule has 90 valence electrons. The number of aromatic nitrogens is 2. The maximum Gasteiger partial charge on any atom is 0.293 e. The van der Waals surface area contributed by atoms with E-state index in [4.69, 9.17) is 11.6 Å². The van der Waals surface area contributed by atoms with Crippen LogP contribution in [0.25, 0.3) is 0 Å². The highest BCUT2D eigenvalue weighted by atomic mass is 35.5. The molecule has 4 nitrogen and oxygen atoms in total. The second-order valence-electron chi connectivity index (χ2n) is 4.21. The largest absolute Gasteiger partial charge is 0.354 e. The van der Waals surface area contributed by atoms with E-state index >= 15 is 0 Å². The van der Waals surface area contributed by atoms with Crippen LogP contribution in [0.5, 0.6) is 0 Å². The third-order valence-corrected chi connectivity index (χ3v) is 2.41. The highest BCUT2D eigenvalue weighted by molar-refractivity contribution is 6.18. The molecule has 1 rings (SSSR count). The Labute approximate surface area is 101 Å². The van der Waals surface area contributed by atoms with E-state index in [0.29, 0.717) is 30.7 Å². The van der Waals surface area contributed by atoms with Crippen LogP contribution in [0.1, 0.15) is 13.8 Å². The Morgan fingerprint density at radius 1 is 1.56 bits per heavy atom. The SMILES string of the molecule is CC(C)Cn1ccnc(N(C)CCCl)c1=O. The predicted molar refractivity (Wildman–Crippen MR) is 67.3 cm³/mol. The van der Waals surface area contributed by atoms with E-state index in [1.54, 1.807) is 21.9 Å². The zero-order valence-electron chi connectivity index (χ0n) is 9.98. The van der Waals surface area contributed by atoms with Crippen LogP contribution in [0, 0.1) is 5.92 Å². The first-order valence-corrected chi connectivity index (χ1v) is 5.92. The lowest BCUT2D eigenvalue weighted by Crippen LogP contribution is -2.32. The van der Waals surface area contributed by atoms with E-state index < -0.39 is 0 Å². The minimum atomic E-state index is -0.0520. The summed E-state index contributed by atoms with van der Waals surface area (Å²) in [6.45, 7) is 5.49. The van der Waals surface area contributed by atoms with Crippen molar-refractivity contribution in [3.8, 4) is 0 Å². The number of hydrogen-bond acceptors (Lipinski definition) is 3. The van der Waals surface area contributed by atoms with Gasteiger partial charge in [0.05, 0.1) is 0 Å². The van der Waals surface area contributed by atoms with Gasteiger partial charge in [0.15, 0.2) is 5.82 Å². The first-order chi connectivity index (χ1) is 7.56. The van der Waals surface area contributed by atoms with Crippen LogP contribution < -0.4 is 10.5 Å². The van der Waals surface area contributed by atoms with Crippen LogP contribution in [-0.4, -0.2) is 29.0 Å². The van der Waals surface area contributed by atoms with Crippen LogP contribution >= 0.6 is 11.6 Å². The lowest BCUT2D eigenvalue weighted by molar-refractivity contribution is 0.508. The molecular formula is C11H18ClN3O. The summed E-state index contributed by atoms with van der Waals surface area (Å²) in [4.78, 5) is 17.9. The zero-order valence-corrected chi connectivity index (χ0v) is 10.7. The summed E-state index contributed by atoms with van der Waals surface area (Å²) >= 11 is 5.64. The van der Waals surface area contributed by atoms with Gasteiger partial charge in [-0.05, 0) is 5.92 Å². The second kappa shape index (κ2) is 5.89. The van der Waals surface area contributed by atoms with Gasteiger partial charge in [0, 0.05) is 38.4 Å². The number of hydrogen-bond donors (Lipinski definition) is 0. The normalized spacial score (nSPS) is 10.8. The fourth-order valence-corrected chi connectivity index (χ4v) is 1.72. The maximum atomic E-state index is 12.0. The number of rotatable bonds is 5. The van der Waals surface area contributed by atoms with Crippen LogP contribution in [0.15, 0.2) is 17.2 Å². The smallest absolute Gasteiger partial charge is 0.293 e. The summed E-state index contributed by atoms with van der Waals surface area (Å²) in [6.07, 6.45) is 3.38. The number of alkyl halides is 1. The molecule has 1 aromatic heterocycles. The lowest BCUT2D eigenvalue weighted by Gasteiger charge is -2.17. The van der Waals surface area contributed by atoms with Crippen molar-refractivity contribution in [1.82, 2.24) is 9.55 Å². The van der Waals surface area contributed by atoms with Gasteiger partial charge >= 0.3 is 0 Å². The fourth-order valence-electron chi connectivity index (χ4n) is 1.47. The van der Waals surface area contributed by atoms with Crippen molar-refractivity contribution in [2.45, 2.75) is 20.4 Å². The van der Waals surface area contributed by atoms with Gasteiger partial charge in [-0.1, -0.05) is 13.8 Å². The Kier molecular flexibility index (Phi) is 4.80. The Balaban J connectivity index is 2.99. The minimum absolute atomic E-state index is 0.0520. The molecule has 0 radical (unpaired) electrons. The molecule has 0 saturated carbocycles. The monoisotopic (exact) mass is 243 g/mol. The van der Waals surface area contributed by atoms with Crippen molar-refractivity contribution >= 4 is 17.4 Å². The quantitative estimate of drug-likeness (QED) is 0.737. The number of halogens is 1. The molecule has 0 atom stereocenters. The maximum absolute atomic E-state index is 12.0. The summed E-state index contributed by atoms with van der Waals surface area (Å²) in [5.74, 6) is 1.38. The zero-order chi connectivity index (χ0) is 12.1. The molecule has 0 aliphatic heterocycles. The molecule has 0 amide bonds. The highest BCUT2D eigenvalue weighted by Gasteiger charge is 2.09. The molecule has 0 unspecified atom stereocenters. The van der Waals surface area contributed by atoms with Crippen molar-refractivity contribution in [3.05, 3.63) is 22.7 Å². The van der Waals surface area contributed by atoms with Gasteiger partial charge in [0.2, 0.25) is 0 Å². The van der Waals surface area contributed by atoms with Gasteiger partial charge in [0.25, 0.3) is 5.56 Å². The topological polar surface area (TPSA) is 38.1 Å². The molecule has 0 spiro atoms. The van der Waals surface area contributed by atoms with Crippen LogP contribution in [0.3, 0.4) is 0 Å². The van der Waals surface area contributed by atoms with E-state index in [1.807, 2.05) is 7.05 Å². The third-order valence-electron chi connectivity index (χ3n) is 2.24. The van der Waals surface area contributed by atoms with Crippen LogP contribution in [0.4, 0.5) is 5.82 Å². The highest BCUT2D eigenvalue weighted by Crippen LogP contribution is 2.02. The van der Waals surface area contributed by atoms with E-state index in [9.17, 15) is 4.79 Å². The second-order valence-corrected chi connectivity index (χ2v) is 4.59. The van der Waals surface area contributed by atoms with Gasteiger partial charge in [-0.2, -0.15) is 0 Å². The van der Waals surface area contributed by atoms with Gasteiger partial charge in [-0.15, -0.1) is 11.6 Å². The van der Waals surface area contributed by atoms with E-state index in [-0.39, 0.29) is 5.56 Å². The molecule has 0 fully saturated rings. The van der Waals surface area contributed by atoms with Crippen LogP contribution in [0.2, 0.25) is 0 Å². The van der Waals surface area contributed by atoms with Gasteiger partial charge < -0.3 is 9.47 Å². The van der Waals surface area contributed by atoms with Crippen molar-refractivity contribution in [2.75, 3.05) is 24.4 Å². The number of anilines is 1. The van der Waals surface area contributed by atoms with Gasteiger partial charge in [0.1, 0.15) is 0 Å². The first kappa shape index (κ1) is 13.0. The predicted octanol–water partition coefficient (Wildman–Crippen LogP) is 1.57. The molecule has 0 bridgehead atoms. The molecule has 5 heteroatoms. The summed E-state index contributed by atoms with van der Waals surface area (Å²) < 4.78 is 1.69. The fraction of sp³-hybridized carbons (Fsp3) is 0.636. The lowest BCUT2D eigenvalue weighted by atomic mass is 10.2. The Hall–Kier alpha value is -1.03. The molecule has 0 aromatic carbocycles. The molecule has 0 N–H and O–H groups in total. The van der Waals surface area contributed by atoms with E-state index in [1.165, 1.54) is 0 Å². The Bertz CT molecular complexity index is 389. The Morgan fingerprint density at radius 2 is 2.25 bits per heavy atom. The van der Waals surface area contributed by atoms with E-state index in [0.717, 1.165) is 0 Å². The van der Waals surface area contributed by atoms with Crippen molar-refractivity contribution in [1.29, 1.82) is 0 Å². The molecule has 0 aliphatic carbocycles. The summed E-state index contributed by atoms with van der Waals surface area (Å²) in [5, 5.41) is 0.